The standard InChI is InChI=1S/2C13H9.C6H11N.C5H11NSi.2C4H11N.2ClH.2Zr/c2*1-3-7-12-10(5-1)9-11-6-2-4-8-13(11)12;1-5-7-6(2,3)4;1-5-6-7(2,3)4;2*1-3-5-4-2;;;;/h2*1-9H;5,7H,2-4H3;5-6H,2-4H3;2*5H,3-4H2,1-2H3;2*1H;;. The number of hydrogen-bond donors (Lipinski definition) is 4. The second-order valence-electron chi connectivity index (χ2n) is 14.8. The molecule has 290 valence electrons. The largest absolute Gasteiger partial charge is 0.147 e. The molecule has 0 spiro atoms. The summed E-state index contributed by atoms with van der Waals surface area (Å²) in [6, 6.07) is 35.5. The molecule has 4 aromatic carbocycles. The SMILES string of the molecule is CC(C)(C)NC=[C]=[Zr][CH]1c2ccccc2-c2ccccc21.CCNCC.CCNCC.C[Si](C)(C)NC=[C]=[Zr][CH]1c2ccccc2-c2ccccc21.Cl.Cl. The maximum absolute atomic E-state index is 3.63. The normalized spacial score (nSPS) is 11.6. The van der Waals surface area contributed by atoms with Crippen LogP contribution in [-0.2, 0) is 45.5 Å². The molecular weight excluding hydrogens is 878 g/mol. The first-order chi connectivity index (χ1) is 25.0. The van der Waals surface area contributed by atoms with Gasteiger partial charge < -0.3 is 10.6 Å². The monoisotopic (exact) mass is 938 g/mol. The van der Waals surface area contributed by atoms with Crippen LogP contribution in [0.15, 0.2) is 109 Å². The third-order valence-corrected chi connectivity index (χ3v) is 15.3. The van der Waals surface area contributed by atoms with Crippen LogP contribution in [0.3, 0.4) is 0 Å². The van der Waals surface area contributed by atoms with Gasteiger partial charge in [0.1, 0.15) is 0 Å². The van der Waals surface area contributed by atoms with Crippen molar-refractivity contribution in [2.24, 2.45) is 0 Å². The topological polar surface area (TPSA) is 48.1 Å². The van der Waals surface area contributed by atoms with E-state index < -0.39 is 53.7 Å². The Kier molecular flexibility index (Phi) is 24.4. The third kappa shape index (κ3) is 16.4. The zero-order valence-electron chi connectivity index (χ0n) is 34.2. The third-order valence-electron chi connectivity index (χ3n) is 8.28. The van der Waals surface area contributed by atoms with Crippen molar-refractivity contribution in [3.63, 3.8) is 0 Å². The van der Waals surface area contributed by atoms with Gasteiger partial charge in [-0.05, 0) is 26.2 Å². The number of halogens is 2. The van der Waals surface area contributed by atoms with Gasteiger partial charge in [0.15, 0.2) is 0 Å². The average Bonchev–Trinajstić information content (AvgIpc) is 3.62. The molecule has 0 heterocycles. The molecular formula is C45H64Cl2N4SiZr2. The first kappa shape index (κ1) is 50.3. The molecule has 2 aliphatic carbocycles. The van der Waals surface area contributed by atoms with Gasteiger partial charge in [-0.15, -0.1) is 24.8 Å². The molecule has 4 aromatic rings. The predicted octanol–water partition coefficient (Wildman–Crippen LogP) is 10.4. The van der Waals surface area contributed by atoms with Crippen molar-refractivity contribution >= 4 is 39.8 Å². The van der Waals surface area contributed by atoms with E-state index >= 15 is 0 Å². The van der Waals surface area contributed by atoms with Crippen molar-refractivity contribution in [2.45, 2.75) is 80.9 Å². The van der Waals surface area contributed by atoms with Crippen LogP contribution < -0.4 is 20.9 Å². The van der Waals surface area contributed by atoms with Crippen LogP contribution in [0.2, 0.25) is 19.6 Å². The molecule has 0 atom stereocenters. The Morgan fingerprint density at radius 1 is 0.537 bits per heavy atom. The van der Waals surface area contributed by atoms with Crippen LogP contribution in [0, 0.1) is 0 Å². The molecule has 0 aliphatic heterocycles. The van der Waals surface area contributed by atoms with E-state index in [2.05, 4.69) is 205 Å². The first-order valence-corrected chi connectivity index (χ1v) is 27.7. The fraction of sp³-hybridized carbons (Fsp3) is 0.378. The molecule has 0 unspecified atom stereocenters. The van der Waals surface area contributed by atoms with Crippen molar-refractivity contribution in [3.8, 4) is 22.3 Å². The van der Waals surface area contributed by atoms with E-state index in [0.29, 0.717) is 7.25 Å². The molecule has 0 saturated heterocycles. The molecule has 0 saturated carbocycles. The minimum absolute atomic E-state index is 0. The number of rotatable bonds is 9. The van der Waals surface area contributed by atoms with Gasteiger partial charge >= 0.3 is 278 Å². The Balaban J connectivity index is 0.000000420. The number of nitrogens with one attached hydrogen (secondary N) is 4. The van der Waals surface area contributed by atoms with E-state index in [-0.39, 0.29) is 30.4 Å². The van der Waals surface area contributed by atoms with Crippen molar-refractivity contribution in [2.75, 3.05) is 26.2 Å². The van der Waals surface area contributed by atoms with Gasteiger partial charge in [0, 0.05) is 0 Å². The first-order valence-electron chi connectivity index (χ1n) is 18.9. The molecule has 0 aromatic heterocycles. The Morgan fingerprint density at radius 2 is 0.833 bits per heavy atom. The molecule has 4 N–H and O–H groups in total. The summed E-state index contributed by atoms with van der Waals surface area (Å²) in [7, 11) is -1.22. The van der Waals surface area contributed by atoms with Gasteiger partial charge in [0.2, 0.25) is 0 Å². The van der Waals surface area contributed by atoms with E-state index in [9.17, 15) is 0 Å². The van der Waals surface area contributed by atoms with Crippen molar-refractivity contribution in [3.05, 3.63) is 132 Å². The van der Waals surface area contributed by atoms with Gasteiger partial charge in [-0.3, -0.25) is 0 Å². The summed E-state index contributed by atoms with van der Waals surface area (Å²) in [5, 5.41) is 9.62. The van der Waals surface area contributed by atoms with Crippen LogP contribution in [0.4, 0.5) is 0 Å². The minimum Gasteiger partial charge on any atom is -0.147 e. The van der Waals surface area contributed by atoms with Crippen molar-refractivity contribution < 1.29 is 45.5 Å². The summed E-state index contributed by atoms with van der Waals surface area (Å²) < 4.78 is 8.44. The van der Waals surface area contributed by atoms with Crippen LogP contribution >= 0.6 is 24.8 Å². The van der Waals surface area contributed by atoms with E-state index in [1.807, 2.05) is 0 Å². The summed E-state index contributed by atoms with van der Waals surface area (Å²) in [6.07, 6.45) is 4.16. The minimum atomic E-state index is -1.22. The molecule has 0 amide bonds. The fourth-order valence-electron chi connectivity index (χ4n) is 5.88. The Hall–Kier alpha value is -1.74. The zero-order valence-corrected chi connectivity index (χ0v) is 41.7. The van der Waals surface area contributed by atoms with Crippen molar-refractivity contribution in [1.82, 2.24) is 20.9 Å². The molecule has 0 bridgehead atoms. The van der Waals surface area contributed by atoms with Gasteiger partial charge in [0.05, 0.1) is 0 Å². The van der Waals surface area contributed by atoms with E-state index in [1.54, 1.807) is 0 Å². The zero-order chi connectivity index (χ0) is 38.0. The Morgan fingerprint density at radius 3 is 1.09 bits per heavy atom. The second kappa shape index (κ2) is 26.2. The summed E-state index contributed by atoms with van der Waals surface area (Å²) in [4.78, 5) is 3.54. The summed E-state index contributed by atoms with van der Waals surface area (Å²) in [6.45, 7) is 26.3. The van der Waals surface area contributed by atoms with E-state index in [1.165, 1.54) is 44.5 Å². The van der Waals surface area contributed by atoms with Crippen molar-refractivity contribution in [1.29, 1.82) is 0 Å². The summed E-state index contributed by atoms with van der Waals surface area (Å²) in [5.74, 6) is 0. The molecule has 6 rings (SSSR count). The fourth-order valence-corrected chi connectivity index (χ4v) is 12.3. The predicted molar refractivity (Wildman–Crippen MR) is 239 cm³/mol. The van der Waals surface area contributed by atoms with E-state index in [0.717, 1.165) is 26.2 Å². The van der Waals surface area contributed by atoms with Crippen LogP contribution in [0.25, 0.3) is 22.3 Å². The summed E-state index contributed by atoms with van der Waals surface area (Å²) >= 11 is -1.53. The quantitative estimate of drug-likeness (QED) is 0.126. The molecule has 4 nitrogen and oxygen atoms in total. The van der Waals surface area contributed by atoms with Gasteiger partial charge in [-0.1, -0.05) is 27.7 Å². The van der Waals surface area contributed by atoms with Gasteiger partial charge in [-0.25, -0.2) is 0 Å². The van der Waals surface area contributed by atoms with Crippen LogP contribution in [0.5, 0.6) is 0 Å². The maximum atomic E-state index is 3.63. The molecule has 9 heteroatoms. The molecule has 54 heavy (non-hydrogen) atoms. The van der Waals surface area contributed by atoms with Crippen LogP contribution in [-0.4, -0.2) is 46.7 Å². The van der Waals surface area contributed by atoms with E-state index in [4.69, 9.17) is 0 Å². The maximum Gasteiger partial charge on any atom is -0.147 e. The molecule has 2 aliphatic rings. The second-order valence-corrected chi connectivity index (χ2v) is 25.2. The van der Waals surface area contributed by atoms with Gasteiger partial charge in [0.25, 0.3) is 0 Å². The number of fused-ring (bicyclic) bond motifs is 6. The molecule has 0 radical (unpaired) electrons. The molecule has 0 fully saturated rings. The average molecular weight is 942 g/mol. The summed E-state index contributed by atoms with van der Waals surface area (Å²) in [5.41, 5.74) is 11.9. The Labute approximate surface area is 363 Å². The number of benzene rings is 4. The smallest absolute Gasteiger partial charge is 0.147 e. The Bertz CT molecular complexity index is 1590. The van der Waals surface area contributed by atoms with Gasteiger partial charge in [-0.2, -0.15) is 0 Å². The van der Waals surface area contributed by atoms with Crippen LogP contribution in [0.1, 0.15) is 78.0 Å². The number of hydrogen-bond acceptors (Lipinski definition) is 4.